The van der Waals surface area contributed by atoms with Gasteiger partial charge in [0.1, 0.15) is 5.82 Å². The minimum Gasteiger partial charge on any atom is -0.383 e. The summed E-state index contributed by atoms with van der Waals surface area (Å²) in [6.45, 7) is 3.58. The number of hydrogen-bond acceptors (Lipinski definition) is 3. The Kier molecular flexibility index (Phi) is 4.10. The van der Waals surface area contributed by atoms with E-state index in [4.69, 9.17) is 4.74 Å². The number of fused-ring (bicyclic) bond motifs is 1. The predicted octanol–water partition coefficient (Wildman–Crippen LogP) is 3.34. The summed E-state index contributed by atoms with van der Waals surface area (Å²) in [6, 6.07) is 7.13. The quantitative estimate of drug-likeness (QED) is 0.882. The average molecular weight is 253 g/mol. The van der Waals surface area contributed by atoms with Crippen molar-refractivity contribution in [3.05, 3.63) is 35.0 Å². The van der Waals surface area contributed by atoms with Crippen LogP contribution in [0.2, 0.25) is 0 Å². The van der Waals surface area contributed by atoms with E-state index in [9.17, 15) is 4.39 Å². The number of rotatable bonds is 5. The summed E-state index contributed by atoms with van der Waals surface area (Å²) in [4.78, 5) is 1.19. The van der Waals surface area contributed by atoms with Gasteiger partial charge in [0, 0.05) is 16.7 Å². The Balaban J connectivity index is 2.33. The number of hydrogen-bond donors (Lipinski definition) is 1. The highest BCUT2D eigenvalue weighted by atomic mass is 32.1. The van der Waals surface area contributed by atoms with Gasteiger partial charge in [0.2, 0.25) is 0 Å². The zero-order valence-electron chi connectivity index (χ0n) is 10.00. The monoisotopic (exact) mass is 253 g/mol. The van der Waals surface area contributed by atoms with Crippen LogP contribution in [0.25, 0.3) is 10.1 Å². The SMILES string of the molecule is CCNC(COC)c1cc2cc(F)ccc2s1. The lowest BCUT2D eigenvalue weighted by atomic mass is 10.2. The molecule has 1 heterocycles. The molecule has 2 aromatic rings. The molecule has 0 radical (unpaired) electrons. The van der Waals surface area contributed by atoms with Crippen molar-refractivity contribution in [3.8, 4) is 0 Å². The first-order valence-electron chi connectivity index (χ1n) is 5.66. The maximum Gasteiger partial charge on any atom is 0.123 e. The Labute approximate surface area is 104 Å². The van der Waals surface area contributed by atoms with Gasteiger partial charge >= 0.3 is 0 Å². The smallest absolute Gasteiger partial charge is 0.123 e. The van der Waals surface area contributed by atoms with Crippen molar-refractivity contribution in [1.82, 2.24) is 5.32 Å². The molecule has 4 heteroatoms. The van der Waals surface area contributed by atoms with E-state index in [1.807, 2.05) is 12.1 Å². The number of benzene rings is 1. The molecular formula is C13H16FNOS. The third-order valence-electron chi connectivity index (χ3n) is 2.62. The van der Waals surface area contributed by atoms with Crippen molar-refractivity contribution in [2.24, 2.45) is 0 Å². The van der Waals surface area contributed by atoms with Crippen molar-refractivity contribution in [3.63, 3.8) is 0 Å². The van der Waals surface area contributed by atoms with Gasteiger partial charge in [0.05, 0.1) is 12.6 Å². The molecule has 1 aromatic carbocycles. The third-order valence-corrected chi connectivity index (χ3v) is 3.85. The van der Waals surface area contributed by atoms with Gasteiger partial charge in [0.25, 0.3) is 0 Å². The summed E-state index contributed by atoms with van der Waals surface area (Å²) in [5.41, 5.74) is 0. The molecule has 2 rings (SSSR count). The molecule has 0 bridgehead atoms. The first-order chi connectivity index (χ1) is 8.24. The highest BCUT2D eigenvalue weighted by molar-refractivity contribution is 7.19. The van der Waals surface area contributed by atoms with Gasteiger partial charge < -0.3 is 10.1 Å². The predicted molar refractivity (Wildman–Crippen MR) is 70.1 cm³/mol. The summed E-state index contributed by atoms with van der Waals surface area (Å²) in [7, 11) is 1.69. The summed E-state index contributed by atoms with van der Waals surface area (Å²) >= 11 is 1.68. The number of ether oxygens (including phenoxy) is 1. The van der Waals surface area contributed by atoms with Crippen LogP contribution in [0.1, 0.15) is 17.8 Å². The maximum atomic E-state index is 13.1. The highest BCUT2D eigenvalue weighted by Crippen LogP contribution is 2.30. The van der Waals surface area contributed by atoms with Gasteiger partial charge in [-0.3, -0.25) is 0 Å². The minimum atomic E-state index is -0.186. The molecule has 0 aliphatic heterocycles. The molecule has 0 aliphatic rings. The Morgan fingerprint density at radius 2 is 2.24 bits per heavy atom. The molecule has 0 saturated carbocycles. The summed E-state index contributed by atoms with van der Waals surface area (Å²) in [5, 5.41) is 4.33. The van der Waals surface area contributed by atoms with Crippen molar-refractivity contribution in [2.75, 3.05) is 20.3 Å². The standard InChI is InChI=1S/C13H16FNOS/c1-3-15-11(8-16-2)13-7-9-6-10(14)4-5-12(9)17-13/h4-7,11,15H,3,8H2,1-2H3. The van der Waals surface area contributed by atoms with Crippen LogP contribution in [-0.4, -0.2) is 20.3 Å². The molecule has 1 unspecified atom stereocenters. The molecule has 1 aromatic heterocycles. The zero-order chi connectivity index (χ0) is 12.3. The van der Waals surface area contributed by atoms with Crippen LogP contribution in [0.4, 0.5) is 4.39 Å². The van der Waals surface area contributed by atoms with Crippen molar-refractivity contribution in [1.29, 1.82) is 0 Å². The summed E-state index contributed by atoms with van der Waals surface area (Å²) < 4.78 is 19.4. The maximum absolute atomic E-state index is 13.1. The van der Waals surface area contributed by atoms with Crippen LogP contribution >= 0.6 is 11.3 Å². The Hall–Kier alpha value is -0.970. The van der Waals surface area contributed by atoms with Crippen LogP contribution in [-0.2, 0) is 4.74 Å². The second kappa shape index (κ2) is 5.58. The van der Waals surface area contributed by atoms with E-state index in [2.05, 4.69) is 12.2 Å². The van der Waals surface area contributed by atoms with Gasteiger partial charge in [-0.1, -0.05) is 6.92 Å². The fraction of sp³-hybridized carbons (Fsp3) is 0.385. The lowest BCUT2D eigenvalue weighted by Gasteiger charge is -2.14. The van der Waals surface area contributed by atoms with E-state index in [1.165, 1.54) is 10.9 Å². The molecule has 0 fully saturated rings. The molecule has 17 heavy (non-hydrogen) atoms. The van der Waals surface area contributed by atoms with E-state index in [-0.39, 0.29) is 11.9 Å². The van der Waals surface area contributed by atoms with E-state index in [1.54, 1.807) is 24.5 Å². The number of thiophene rings is 1. The molecular weight excluding hydrogens is 237 g/mol. The second-order valence-electron chi connectivity index (χ2n) is 3.90. The van der Waals surface area contributed by atoms with Gasteiger partial charge in [-0.15, -0.1) is 11.3 Å². The van der Waals surface area contributed by atoms with E-state index < -0.39 is 0 Å². The van der Waals surface area contributed by atoms with Crippen molar-refractivity contribution < 1.29 is 9.13 Å². The molecule has 0 saturated heterocycles. The van der Waals surface area contributed by atoms with Gasteiger partial charge in [0.15, 0.2) is 0 Å². The molecule has 1 atom stereocenters. The molecule has 1 N–H and O–H groups in total. The number of likely N-dealkylation sites (N-methyl/N-ethyl adjacent to an activating group) is 1. The number of halogens is 1. The largest absolute Gasteiger partial charge is 0.383 e. The van der Waals surface area contributed by atoms with E-state index in [0.717, 1.165) is 16.6 Å². The van der Waals surface area contributed by atoms with Gasteiger partial charge in [-0.05, 0) is 36.2 Å². The topological polar surface area (TPSA) is 21.3 Å². The van der Waals surface area contributed by atoms with Crippen LogP contribution < -0.4 is 5.32 Å². The zero-order valence-corrected chi connectivity index (χ0v) is 10.8. The average Bonchev–Trinajstić information content (AvgIpc) is 2.71. The summed E-state index contributed by atoms with van der Waals surface area (Å²) in [5.74, 6) is -0.186. The van der Waals surface area contributed by atoms with Crippen LogP contribution in [0.3, 0.4) is 0 Å². The highest BCUT2D eigenvalue weighted by Gasteiger charge is 2.13. The van der Waals surface area contributed by atoms with Crippen LogP contribution in [0.5, 0.6) is 0 Å². The molecule has 92 valence electrons. The van der Waals surface area contributed by atoms with Crippen LogP contribution in [0, 0.1) is 5.82 Å². The Morgan fingerprint density at radius 3 is 2.94 bits per heavy atom. The Bertz CT molecular complexity index is 491. The third kappa shape index (κ3) is 2.83. The first-order valence-corrected chi connectivity index (χ1v) is 6.47. The number of methoxy groups -OCH3 is 1. The lowest BCUT2D eigenvalue weighted by Crippen LogP contribution is -2.23. The lowest BCUT2D eigenvalue weighted by molar-refractivity contribution is 0.169. The fourth-order valence-corrected chi connectivity index (χ4v) is 2.97. The van der Waals surface area contributed by atoms with Crippen molar-refractivity contribution in [2.45, 2.75) is 13.0 Å². The fourth-order valence-electron chi connectivity index (χ4n) is 1.86. The minimum absolute atomic E-state index is 0.186. The van der Waals surface area contributed by atoms with Gasteiger partial charge in [-0.2, -0.15) is 0 Å². The molecule has 0 spiro atoms. The number of nitrogens with one attached hydrogen (secondary N) is 1. The second-order valence-corrected chi connectivity index (χ2v) is 5.01. The van der Waals surface area contributed by atoms with Gasteiger partial charge in [-0.25, -0.2) is 4.39 Å². The van der Waals surface area contributed by atoms with E-state index in [0.29, 0.717) is 6.61 Å². The summed E-state index contributed by atoms with van der Waals surface area (Å²) in [6.07, 6.45) is 0. The molecule has 0 amide bonds. The van der Waals surface area contributed by atoms with E-state index >= 15 is 0 Å². The van der Waals surface area contributed by atoms with Crippen LogP contribution in [0.15, 0.2) is 24.3 Å². The molecule has 0 aliphatic carbocycles. The normalized spacial score (nSPS) is 13.1. The Morgan fingerprint density at radius 1 is 1.41 bits per heavy atom. The molecule has 2 nitrogen and oxygen atoms in total. The first kappa shape index (κ1) is 12.5. The van der Waals surface area contributed by atoms with Crippen molar-refractivity contribution >= 4 is 21.4 Å².